The molecule has 3 N–H and O–H groups in total. The fraction of sp³-hybridized carbons (Fsp3) is 0.750. The summed E-state index contributed by atoms with van der Waals surface area (Å²) in [4.78, 5) is 11.7. The van der Waals surface area contributed by atoms with Gasteiger partial charge >= 0.3 is 0 Å². The molecule has 96 valence electrons. The molecule has 0 aromatic carbocycles. The fourth-order valence-electron chi connectivity index (χ4n) is 2.50. The van der Waals surface area contributed by atoms with Crippen LogP contribution < -0.4 is 0 Å². The van der Waals surface area contributed by atoms with Crippen LogP contribution in [0.2, 0.25) is 0 Å². The topological polar surface area (TPSA) is 87.0 Å². The number of Topliss-reactive ketones (excluding diaryl/α,β-unsaturated/α-hetero) is 1. The van der Waals surface area contributed by atoms with Crippen molar-refractivity contribution in [1.29, 1.82) is 0 Å². The molecule has 5 heteroatoms. The first-order chi connectivity index (χ1) is 8.06. The first kappa shape index (κ1) is 12.7. The minimum atomic E-state index is -1.10. The Hall–Kier alpha value is -0.750. The number of aliphatic hydroxyl groups excluding tert-OH is 3. The van der Waals surface area contributed by atoms with Gasteiger partial charge in [0.15, 0.2) is 5.78 Å². The maximum Gasteiger partial charge on any atom is 0.164 e. The van der Waals surface area contributed by atoms with Crippen molar-refractivity contribution in [3.8, 4) is 0 Å². The first-order valence-corrected chi connectivity index (χ1v) is 5.98. The Morgan fingerprint density at radius 3 is 2.82 bits per heavy atom. The summed E-state index contributed by atoms with van der Waals surface area (Å²) in [7, 11) is 0. The third kappa shape index (κ3) is 2.15. The third-order valence-corrected chi connectivity index (χ3v) is 3.41. The van der Waals surface area contributed by atoms with Gasteiger partial charge in [-0.3, -0.25) is 4.79 Å². The van der Waals surface area contributed by atoms with E-state index in [-0.39, 0.29) is 18.8 Å². The molecule has 0 radical (unpaired) electrons. The van der Waals surface area contributed by atoms with Crippen molar-refractivity contribution in [2.24, 2.45) is 0 Å². The standard InChI is InChI=1S/C12H18O5/c1-2-3-7(13)12-10-6(5-17-12)8(14)4-9(15)11(10)16/h7,9,11-13,15-16H,2-5H2,1H3. The highest BCUT2D eigenvalue weighted by Crippen LogP contribution is 2.34. The van der Waals surface area contributed by atoms with Gasteiger partial charge in [0.25, 0.3) is 0 Å². The lowest BCUT2D eigenvalue weighted by Crippen LogP contribution is -2.41. The molecule has 1 heterocycles. The van der Waals surface area contributed by atoms with E-state index < -0.39 is 24.4 Å². The molecule has 0 bridgehead atoms. The van der Waals surface area contributed by atoms with Gasteiger partial charge in [-0.1, -0.05) is 13.3 Å². The highest BCUT2D eigenvalue weighted by Gasteiger charge is 2.43. The van der Waals surface area contributed by atoms with E-state index in [9.17, 15) is 20.1 Å². The summed E-state index contributed by atoms with van der Waals surface area (Å²) in [5.41, 5.74) is 0.817. The lowest BCUT2D eigenvalue weighted by molar-refractivity contribution is -0.120. The Morgan fingerprint density at radius 2 is 2.18 bits per heavy atom. The van der Waals surface area contributed by atoms with Crippen LogP contribution >= 0.6 is 0 Å². The van der Waals surface area contributed by atoms with Gasteiger partial charge < -0.3 is 20.1 Å². The van der Waals surface area contributed by atoms with Gasteiger partial charge in [0.2, 0.25) is 0 Å². The summed E-state index contributed by atoms with van der Waals surface area (Å²) in [6, 6.07) is 0. The fourth-order valence-corrected chi connectivity index (χ4v) is 2.50. The van der Waals surface area contributed by atoms with Crippen LogP contribution in [0.3, 0.4) is 0 Å². The van der Waals surface area contributed by atoms with Crippen LogP contribution in [0.25, 0.3) is 0 Å². The minimum absolute atomic E-state index is 0.0695. The first-order valence-electron chi connectivity index (χ1n) is 5.98. The molecule has 0 saturated heterocycles. The molecule has 1 aliphatic carbocycles. The SMILES string of the molecule is CCCC(O)C1OCC2=C1C(O)C(O)CC2=O. The molecule has 0 amide bonds. The average Bonchev–Trinajstić information content (AvgIpc) is 2.71. The van der Waals surface area contributed by atoms with Crippen LogP contribution in [0.15, 0.2) is 11.1 Å². The number of carbonyl (C=O) groups is 1. The Labute approximate surface area is 99.7 Å². The summed E-state index contributed by atoms with van der Waals surface area (Å²) in [5, 5.41) is 29.4. The van der Waals surface area contributed by atoms with Gasteiger partial charge in [-0.25, -0.2) is 0 Å². The van der Waals surface area contributed by atoms with E-state index >= 15 is 0 Å². The molecule has 0 fully saturated rings. The van der Waals surface area contributed by atoms with Crippen LogP contribution in [0.1, 0.15) is 26.2 Å². The molecule has 5 nitrogen and oxygen atoms in total. The summed E-state index contributed by atoms with van der Waals surface area (Å²) in [6.07, 6.45) is -2.31. The molecule has 1 aliphatic heterocycles. The van der Waals surface area contributed by atoms with Crippen LogP contribution in [0, 0.1) is 0 Å². The maximum absolute atomic E-state index is 11.7. The predicted octanol–water partition coefficient (Wildman–Crippen LogP) is -0.463. The van der Waals surface area contributed by atoms with Crippen molar-refractivity contribution in [3.05, 3.63) is 11.1 Å². The molecule has 4 atom stereocenters. The van der Waals surface area contributed by atoms with Gasteiger partial charge in [0, 0.05) is 17.6 Å². The number of carbonyl (C=O) groups excluding carboxylic acids is 1. The minimum Gasteiger partial charge on any atom is -0.390 e. The second kappa shape index (κ2) is 4.86. The van der Waals surface area contributed by atoms with E-state index in [0.29, 0.717) is 17.6 Å². The third-order valence-electron chi connectivity index (χ3n) is 3.41. The number of hydrogen-bond donors (Lipinski definition) is 3. The zero-order valence-corrected chi connectivity index (χ0v) is 9.80. The van der Waals surface area contributed by atoms with E-state index in [4.69, 9.17) is 4.74 Å². The summed E-state index contributed by atoms with van der Waals surface area (Å²) < 4.78 is 5.39. The van der Waals surface area contributed by atoms with Gasteiger partial charge in [0.1, 0.15) is 12.2 Å². The van der Waals surface area contributed by atoms with Crippen LogP contribution in [-0.4, -0.2) is 52.1 Å². The van der Waals surface area contributed by atoms with E-state index in [1.165, 1.54) is 0 Å². The molecule has 0 spiro atoms. The molecule has 0 saturated carbocycles. The monoisotopic (exact) mass is 242 g/mol. The molecular formula is C12H18O5. The average molecular weight is 242 g/mol. The van der Waals surface area contributed by atoms with Crippen LogP contribution in [0.5, 0.6) is 0 Å². The normalized spacial score (nSPS) is 35.1. The highest BCUT2D eigenvalue weighted by molar-refractivity contribution is 5.98. The van der Waals surface area contributed by atoms with Crippen molar-refractivity contribution in [2.75, 3.05) is 6.61 Å². The molecule has 4 unspecified atom stereocenters. The lowest BCUT2D eigenvalue weighted by atomic mass is 9.83. The van der Waals surface area contributed by atoms with E-state index in [1.54, 1.807) is 0 Å². The number of ketones is 1. The van der Waals surface area contributed by atoms with Crippen molar-refractivity contribution in [2.45, 2.75) is 50.6 Å². The van der Waals surface area contributed by atoms with Gasteiger partial charge in [-0.15, -0.1) is 0 Å². The zero-order valence-electron chi connectivity index (χ0n) is 9.80. The number of aliphatic hydroxyl groups is 3. The van der Waals surface area contributed by atoms with E-state index in [2.05, 4.69) is 0 Å². The molecular weight excluding hydrogens is 224 g/mol. The van der Waals surface area contributed by atoms with Crippen molar-refractivity contribution in [3.63, 3.8) is 0 Å². The Balaban J connectivity index is 2.26. The summed E-state index contributed by atoms with van der Waals surface area (Å²) >= 11 is 0. The molecule has 0 aromatic heterocycles. The molecule has 0 aromatic rings. The molecule has 2 aliphatic rings. The lowest BCUT2D eigenvalue weighted by Gasteiger charge is -2.29. The smallest absolute Gasteiger partial charge is 0.164 e. The van der Waals surface area contributed by atoms with Gasteiger partial charge in [-0.2, -0.15) is 0 Å². The summed E-state index contributed by atoms with van der Waals surface area (Å²) in [5.74, 6) is -0.191. The molecule has 17 heavy (non-hydrogen) atoms. The highest BCUT2D eigenvalue weighted by atomic mass is 16.5. The maximum atomic E-state index is 11.7. The largest absolute Gasteiger partial charge is 0.390 e. The van der Waals surface area contributed by atoms with Crippen molar-refractivity contribution < 1.29 is 24.9 Å². The Morgan fingerprint density at radius 1 is 1.47 bits per heavy atom. The summed E-state index contributed by atoms with van der Waals surface area (Å²) in [6.45, 7) is 2.06. The zero-order chi connectivity index (χ0) is 12.6. The number of ether oxygens (including phenoxy) is 1. The quantitative estimate of drug-likeness (QED) is 0.623. The van der Waals surface area contributed by atoms with E-state index in [1.807, 2.05) is 6.92 Å². The second-order valence-electron chi connectivity index (χ2n) is 4.66. The van der Waals surface area contributed by atoms with Gasteiger partial charge in [0.05, 0.1) is 18.8 Å². The van der Waals surface area contributed by atoms with E-state index in [0.717, 1.165) is 6.42 Å². The molecule has 2 rings (SSSR count). The second-order valence-corrected chi connectivity index (χ2v) is 4.66. The number of hydrogen-bond acceptors (Lipinski definition) is 5. The van der Waals surface area contributed by atoms with Crippen LogP contribution in [-0.2, 0) is 9.53 Å². The number of rotatable bonds is 3. The van der Waals surface area contributed by atoms with Crippen molar-refractivity contribution >= 4 is 5.78 Å². The Bertz CT molecular complexity index is 349. The predicted molar refractivity (Wildman–Crippen MR) is 59.3 cm³/mol. The van der Waals surface area contributed by atoms with Crippen molar-refractivity contribution in [1.82, 2.24) is 0 Å². The Kier molecular flexibility index (Phi) is 3.63. The van der Waals surface area contributed by atoms with Gasteiger partial charge in [-0.05, 0) is 6.42 Å². The van der Waals surface area contributed by atoms with Crippen LogP contribution in [0.4, 0.5) is 0 Å².